The lowest BCUT2D eigenvalue weighted by Gasteiger charge is -2.49. The van der Waals surface area contributed by atoms with Gasteiger partial charge < -0.3 is 5.11 Å². The van der Waals surface area contributed by atoms with Crippen LogP contribution in [0.15, 0.2) is 36.9 Å². The lowest BCUT2D eigenvalue weighted by molar-refractivity contribution is 0.0809. The van der Waals surface area contributed by atoms with E-state index in [1.165, 1.54) is 31.2 Å². The predicted octanol–water partition coefficient (Wildman–Crippen LogP) is 4.10. The first-order chi connectivity index (χ1) is 9.64. The van der Waals surface area contributed by atoms with Gasteiger partial charge in [-0.1, -0.05) is 31.6 Å². The highest BCUT2D eigenvalue weighted by Crippen LogP contribution is 2.43. The lowest BCUT2D eigenvalue weighted by Crippen LogP contribution is -2.53. The Kier molecular flexibility index (Phi) is 4.87. The van der Waals surface area contributed by atoms with Gasteiger partial charge in [-0.25, -0.2) is 0 Å². The van der Waals surface area contributed by atoms with Gasteiger partial charge in [0.05, 0.1) is 0 Å². The Hall–Kier alpha value is -1.28. The number of likely N-dealkylation sites (tertiary alicyclic amines) is 1. The number of aromatic hydroxyl groups is 1. The molecule has 0 aliphatic carbocycles. The van der Waals surface area contributed by atoms with Crippen molar-refractivity contribution in [3.05, 3.63) is 42.5 Å². The molecular weight excluding hydrogens is 246 g/mol. The van der Waals surface area contributed by atoms with Crippen LogP contribution in [0.4, 0.5) is 0 Å². The molecule has 1 saturated heterocycles. The Labute approximate surface area is 123 Å². The molecular formula is C18H27NO. The van der Waals surface area contributed by atoms with Crippen LogP contribution in [0.3, 0.4) is 0 Å². The van der Waals surface area contributed by atoms with Crippen LogP contribution in [0.25, 0.3) is 0 Å². The molecule has 0 amide bonds. The number of rotatable bonds is 5. The van der Waals surface area contributed by atoms with Crippen molar-refractivity contribution in [2.24, 2.45) is 0 Å². The molecule has 0 aromatic heterocycles. The minimum Gasteiger partial charge on any atom is -0.508 e. The van der Waals surface area contributed by atoms with Crippen molar-refractivity contribution >= 4 is 0 Å². The fraction of sp³-hybridized carbons (Fsp3) is 0.556. The van der Waals surface area contributed by atoms with Crippen molar-refractivity contribution in [1.29, 1.82) is 0 Å². The van der Waals surface area contributed by atoms with Gasteiger partial charge in [0.1, 0.15) is 5.75 Å². The molecule has 1 aliphatic rings. The minimum absolute atomic E-state index is 0.161. The lowest BCUT2D eigenvalue weighted by atomic mass is 9.66. The van der Waals surface area contributed by atoms with Gasteiger partial charge in [0, 0.05) is 18.0 Å². The molecule has 110 valence electrons. The molecule has 0 saturated carbocycles. The third kappa shape index (κ3) is 2.76. The van der Waals surface area contributed by atoms with Gasteiger partial charge in [-0.2, -0.15) is 0 Å². The van der Waals surface area contributed by atoms with E-state index in [2.05, 4.69) is 31.4 Å². The summed E-state index contributed by atoms with van der Waals surface area (Å²) in [5.74, 6) is 0.381. The maximum absolute atomic E-state index is 9.85. The summed E-state index contributed by atoms with van der Waals surface area (Å²) in [4.78, 5) is 2.52. The molecule has 2 heteroatoms. The molecule has 20 heavy (non-hydrogen) atoms. The summed E-state index contributed by atoms with van der Waals surface area (Å²) in [6.45, 7) is 10.6. The number of phenolic OH excluding ortho intramolecular Hbond substituents is 1. The zero-order valence-electron chi connectivity index (χ0n) is 12.8. The maximum Gasteiger partial charge on any atom is 0.115 e. The Morgan fingerprint density at radius 3 is 2.95 bits per heavy atom. The second kappa shape index (κ2) is 6.45. The van der Waals surface area contributed by atoms with Gasteiger partial charge in [-0.05, 0) is 50.4 Å². The molecule has 1 aromatic carbocycles. The Balaban J connectivity index is 2.39. The molecule has 0 spiro atoms. The summed E-state index contributed by atoms with van der Waals surface area (Å²) < 4.78 is 0. The Bertz CT molecular complexity index is 452. The van der Waals surface area contributed by atoms with Crippen LogP contribution in [0.5, 0.6) is 5.75 Å². The van der Waals surface area contributed by atoms with E-state index in [9.17, 15) is 5.11 Å². The van der Waals surface area contributed by atoms with Crippen LogP contribution in [-0.4, -0.2) is 29.1 Å². The highest BCUT2D eigenvalue weighted by molar-refractivity contribution is 5.35. The van der Waals surface area contributed by atoms with E-state index in [4.69, 9.17) is 0 Å². The topological polar surface area (TPSA) is 23.5 Å². The highest BCUT2D eigenvalue weighted by atomic mass is 16.3. The largest absolute Gasteiger partial charge is 0.508 e. The summed E-state index contributed by atoms with van der Waals surface area (Å²) in [6.07, 6.45) is 6.76. The van der Waals surface area contributed by atoms with Crippen molar-refractivity contribution in [2.45, 2.75) is 51.0 Å². The van der Waals surface area contributed by atoms with Crippen LogP contribution < -0.4 is 0 Å². The first kappa shape index (κ1) is 15.1. The van der Waals surface area contributed by atoms with Crippen molar-refractivity contribution in [3.8, 4) is 5.75 Å². The monoisotopic (exact) mass is 273 g/mol. The number of phenols is 1. The molecule has 2 unspecified atom stereocenters. The van der Waals surface area contributed by atoms with Crippen molar-refractivity contribution in [1.82, 2.24) is 4.90 Å². The summed E-state index contributed by atoms with van der Waals surface area (Å²) in [7, 11) is 0. The van der Waals surface area contributed by atoms with Gasteiger partial charge in [-0.3, -0.25) is 4.90 Å². The molecule has 1 heterocycles. The highest BCUT2D eigenvalue weighted by Gasteiger charge is 2.42. The third-order valence-corrected chi connectivity index (χ3v) is 4.90. The number of benzene rings is 1. The van der Waals surface area contributed by atoms with E-state index < -0.39 is 0 Å². The number of hydrogen-bond acceptors (Lipinski definition) is 2. The SMILES string of the molecule is C=CCN1CCCC(CCC)(c2cccc(O)c2)C1C. The van der Waals surface area contributed by atoms with Crippen LogP contribution in [-0.2, 0) is 5.41 Å². The average Bonchev–Trinajstić information content (AvgIpc) is 2.44. The van der Waals surface area contributed by atoms with Gasteiger partial charge in [-0.15, -0.1) is 6.58 Å². The first-order valence-corrected chi connectivity index (χ1v) is 7.78. The summed E-state index contributed by atoms with van der Waals surface area (Å²) in [5, 5.41) is 9.85. The zero-order valence-corrected chi connectivity index (χ0v) is 12.8. The smallest absolute Gasteiger partial charge is 0.115 e. The number of piperidine rings is 1. The summed E-state index contributed by atoms with van der Waals surface area (Å²) in [5.41, 5.74) is 1.45. The quantitative estimate of drug-likeness (QED) is 0.816. The zero-order chi connectivity index (χ0) is 14.6. The Morgan fingerprint density at radius 2 is 2.30 bits per heavy atom. The number of hydrogen-bond donors (Lipinski definition) is 1. The van der Waals surface area contributed by atoms with E-state index >= 15 is 0 Å². The molecule has 1 aliphatic heterocycles. The number of nitrogens with zero attached hydrogens (tertiary/aromatic N) is 1. The normalized spacial score (nSPS) is 27.4. The van der Waals surface area contributed by atoms with Crippen LogP contribution in [0, 0.1) is 0 Å². The van der Waals surface area contributed by atoms with Crippen molar-refractivity contribution < 1.29 is 5.11 Å². The second-order valence-corrected chi connectivity index (χ2v) is 6.02. The first-order valence-electron chi connectivity index (χ1n) is 7.78. The van der Waals surface area contributed by atoms with E-state index in [1.54, 1.807) is 6.07 Å². The Morgan fingerprint density at radius 1 is 1.50 bits per heavy atom. The second-order valence-electron chi connectivity index (χ2n) is 6.02. The van der Waals surface area contributed by atoms with Gasteiger partial charge >= 0.3 is 0 Å². The summed E-state index contributed by atoms with van der Waals surface area (Å²) >= 11 is 0. The molecule has 1 aromatic rings. The van der Waals surface area contributed by atoms with Crippen LogP contribution in [0.2, 0.25) is 0 Å². The van der Waals surface area contributed by atoms with Crippen LogP contribution >= 0.6 is 0 Å². The molecule has 2 rings (SSSR count). The average molecular weight is 273 g/mol. The van der Waals surface area contributed by atoms with E-state index in [0.717, 1.165) is 13.1 Å². The van der Waals surface area contributed by atoms with E-state index in [1.807, 2.05) is 18.2 Å². The molecule has 2 atom stereocenters. The maximum atomic E-state index is 9.85. The van der Waals surface area contributed by atoms with Crippen molar-refractivity contribution in [3.63, 3.8) is 0 Å². The standard InChI is InChI=1S/C18H27NO/c1-4-10-18(16-8-6-9-17(20)14-16)11-7-13-19(12-5-2)15(18)3/h5-6,8-9,14-15,20H,2,4,7,10-13H2,1,3H3. The molecule has 1 fully saturated rings. The predicted molar refractivity (Wildman–Crippen MR) is 85.2 cm³/mol. The molecule has 0 bridgehead atoms. The third-order valence-electron chi connectivity index (χ3n) is 4.90. The molecule has 0 radical (unpaired) electrons. The van der Waals surface area contributed by atoms with E-state index in [-0.39, 0.29) is 5.41 Å². The van der Waals surface area contributed by atoms with Crippen molar-refractivity contribution in [2.75, 3.05) is 13.1 Å². The van der Waals surface area contributed by atoms with Gasteiger partial charge in [0.2, 0.25) is 0 Å². The van der Waals surface area contributed by atoms with E-state index in [0.29, 0.717) is 11.8 Å². The fourth-order valence-electron chi connectivity index (χ4n) is 3.89. The summed E-state index contributed by atoms with van der Waals surface area (Å²) in [6, 6.07) is 8.36. The van der Waals surface area contributed by atoms with Crippen LogP contribution in [0.1, 0.15) is 45.1 Å². The molecule has 1 N–H and O–H groups in total. The van der Waals surface area contributed by atoms with Gasteiger partial charge in [0.25, 0.3) is 0 Å². The minimum atomic E-state index is 0.161. The van der Waals surface area contributed by atoms with Gasteiger partial charge in [0.15, 0.2) is 0 Å². The fourth-order valence-corrected chi connectivity index (χ4v) is 3.89. The molecule has 2 nitrogen and oxygen atoms in total.